The summed E-state index contributed by atoms with van der Waals surface area (Å²) < 4.78 is 13.6. The number of nitrogens with one attached hydrogen (secondary N) is 1. The minimum Gasteiger partial charge on any atom is -0.326 e. The zero-order valence-corrected chi connectivity index (χ0v) is 17.3. The second kappa shape index (κ2) is 8.00. The minimum atomic E-state index is -0.351. The van der Waals surface area contributed by atoms with Crippen molar-refractivity contribution < 1.29 is 9.18 Å². The van der Waals surface area contributed by atoms with Crippen molar-refractivity contribution in [3.63, 3.8) is 0 Å². The fraction of sp³-hybridized carbons (Fsp3) is 0.120. The smallest absolute Gasteiger partial charge is 0.273 e. The number of aromatic amines is 1. The van der Waals surface area contributed by atoms with E-state index < -0.39 is 0 Å². The number of hydrogen-bond donors (Lipinski definition) is 1. The summed E-state index contributed by atoms with van der Waals surface area (Å²) in [6, 6.07) is 23.4. The van der Waals surface area contributed by atoms with Crippen LogP contribution in [0.15, 0.2) is 78.9 Å². The van der Waals surface area contributed by atoms with Crippen LogP contribution >= 0.6 is 11.6 Å². The van der Waals surface area contributed by atoms with Crippen molar-refractivity contribution in [2.45, 2.75) is 12.5 Å². The second-order valence-corrected chi connectivity index (χ2v) is 7.99. The molecule has 0 saturated carbocycles. The van der Waals surface area contributed by atoms with Gasteiger partial charge in [0.15, 0.2) is 0 Å². The first-order chi connectivity index (χ1) is 15.1. The molecule has 154 valence electrons. The number of rotatable bonds is 5. The maximum Gasteiger partial charge on any atom is 0.273 e. The number of fused-ring (bicyclic) bond motifs is 1. The fourth-order valence-corrected chi connectivity index (χ4v) is 4.27. The zero-order chi connectivity index (χ0) is 21.4. The molecule has 1 aliphatic heterocycles. The van der Waals surface area contributed by atoms with Gasteiger partial charge in [-0.2, -0.15) is 5.10 Å². The zero-order valence-electron chi connectivity index (χ0n) is 16.6. The molecule has 0 saturated heterocycles. The van der Waals surface area contributed by atoms with E-state index in [-0.39, 0.29) is 17.8 Å². The lowest BCUT2D eigenvalue weighted by atomic mass is 9.96. The Kier molecular flexibility index (Phi) is 5.04. The Hall–Kier alpha value is -3.44. The maximum absolute atomic E-state index is 13.6. The first-order valence-electron chi connectivity index (χ1n) is 10.1. The van der Waals surface area contributed by atoms with Crippen LogP contribution in [-0.4, -0.2) is 27.5 Å². The summed E-state index contributed by atoms with van der Waals surface area (Å²) in [6.45, 7) is 0.535. The monoisotopic (exact) mass is 431 g/mol. The molecule has 0 radical (unpaired) electrons. The van der Waals surface area contributed by atoms with Gasteiger partial charge < -0.3 is 4.90 Å². The van der Waals surface area contributed by atoms with Crippen molar-refractivity contribution in [3.05, 3.63) is 112 Å². The van der Waals surface area contributed by atoms with Gasteiger partial charge in [0.2, 0.25) is 0 Å². The standard InChI is InChI=1S/C25H19ClFN3O/c26-19-10-6-17(7-11-19)22-21-23(29-28-22)25(31)30(15-14-16-4-2-1-3-5-16)24(21)18-8-12-20(27)13-9-18/h1-13,24H,14-15H2,(H,28,29). The van der Waals surface area contributed by atoms with Crippen molar-refractivity contribution in [1.29, 1.82) is 0 Å². The van der Waals surface area contributed by atoms with Gasteiger partial charge in [0, 0.05) is 22.7 Å². The quantitative estimate of drug-likeness (QED) is 0.443. The molecule has 0 fully saturated rings. The van der Waals surface area contributed by atoms with E-state index in [9.17, 15) is 9.18 Å². The van der Waals surface area contributed by atoms with Gasteiger partial charge in [0.1, 0.15) is 11.5 Å². The van der Waals surface area contributed by atoms with Crippen molar-refractivity contribution >= 4 is 17.5 Å². The Bertz CT molecular complexity index is 1220. The average Bonchev–Trinajstić information content (AvgIpc) is 3.33. The first kappa shape index (κ1) is 19.5. The Morgan fingerprint density at radius 2 is 1.68 bits per heavy atom. The van der Waals surface area contributed by atoms with Crippen LogP contribution in [0.3, 0.4) is 0 Å². The molecule has 6 heteroatoms. The van der Waals surface area contributed by atoms with Crippen LogP contribution < -0.4 is 0 Å². The molecule has 1 aliphatic rings. The number of carbonyl (C=O) groups excluding carboxylic acids is 1. The molecule has 0 spiro atoms. The van der Waals surface area contributed by atoms with E-state index >= 15 is 0 Å². The Morgan fingerprint density at radius 1 is 0.968 bits per heavy atom. The minimum absolute atomic E-state index is 0.104. The van der Waals surface area contributed by atoms with Crippen LogP contribution in [0.2, 0.25) is 5.02 Å². The summed E-state index contributed by atoms with van der Waals surface area (Å²) in [4.78, 5) is 15.2. The van der Waals surface area contributed by atoms with Gasteiger partial charge in [-0.3, -0.25) is 9.89 Å². The lowest BCUT2D eigenvalue weighted by molar-refractivity contribution is 0.0746. The van der Waals surface area contributed by atoms with Gasteiger partial charge >= 0.3 is 0 Å². The van der Waals surface area contributed by atoms with E-state index in [1.54, 1.807) is 24.3 Å². The van der Waals surface area contributed by atoms with Crippen molar-refractivity contribution in [1.82, 2.24) is 15.1 Å². The third kappa shape index (κ3) is 3.62. The van der Waals surface area contributed by atoms with E-state index in [2.05, 4.69) is 10.2 Å². The molecule has 31 heavy (non-hydrogen) atoms. The second-order valence-electron chi connectivity index (χ2n) is 7.56. The SMILES string of the molecule is O=C1c2[nH]nc(-c3ccc(Cl)cc3)c2C(c2ccc(F)cc2)N1CCc1ccccc1. The normalized spacial score (nSPS) is 15.4. The van der Waals surface area contributed by atoms with Crippen LogP contribution in [0.1, 0.15) is 33.2 Å². The van der Waals surface area contributed by atoms with E-state index in [0.29, 0.717) is 23.0 Å². The lowest BCUT2D eigenvalue weighted by Gasteiger charge is -2.26. The van der Waals surface area contributed by atoms with Crippen LogP contribution in [0, 0.1) is 5.82 Å². The molecule has 1 unspecified atom stereocenters. The van der Waals surface area contributed by atoms with Gasteiger partial charge in [0.25, 0.3) is 5.91 Å². The molecule has 0 aliphatic carbocycles. The number of halogens is 2. The molecular formula is C25H19ClFN3O. The summed E-state index contributed by atoms with van der Waals surface area (Å²) in [7, 11) is 0. The number of carbonyl (C=O) groups is 1. The fourth-order valence-electron chi connectivity index (χ4n) is 4.14. The molecule has 4 aromatic rings. The highest BCUT2D eigenvalue weighted by molar-refractivity contribution is 6.30. The summed E-state index contributed by atoms with van der Waals surface area (Å²) in [5, 5.41) is 8.02. The average molecular weight is 432 g/mol. The van der Waals surface area contributed by atoms with Crippen molar-refractivity contribution in [3.8, 4) is 11.3 Å². The lowest BCUT2D eigenvalue weighted by Crippen LogP contribution is -2.31. The number of amides is 1. The van der Waals surface area contributed by atoms with Crippen LogP contribution in [0.5, 0.6) is 0 Å². The van der Waals surface area contributed by atoms with Gasteiger partial charge in [0.05, 0.1) is 11.7 Å². The molecule has 5 rings (SSSR count). The third-order valence-corrected chi connectivity index (χ3v) is 5.90. The summed E-state index contributed by atoms with van der Waals surface area (Å²) in [5.74, 6) is -0.415. The Labute approximate surface area is 184 Å². The number of aromatic nitrogens is 2. The molecule has 1 aromatic heterocycles. The van der Waals surface area contributed by atoms with E-state index in [4.69, 9.17) is 11.6 Å². The van der Waals surface area contributed by atoms with Crippen LogP contribution in [0.4, 0.5) is 4.39 Å². The molecule has 2 heterocycles. The largest absolute Gasteiger partial charge is 0.326 e. The summed E-state index contributed by atoms with van der Waals surface area (Å²) >= 11 is 6.05. The van der Waals surface area contributed by atoms with Gasteiger partial charge in [-0.1, -0.05) is 66.2 Å². The molecular weight excluding hydrogens is 413 g/mol. The summed E-state index contributed by atoms with van der Waals surface area (Å²) in [6.07, 6.45) is 0.720. The van der Waals surface area contributed by atoms with E-state index in [1.807, 2.05) is 47.4 Å². The van der Waals surface area contributed by atoms with E-state index in [0.717, 1.165) is 28.7 Å². The predicted molar refractivity (Wildman–Crippen MR) is 118 cm³/mol. The van der Waals surface area contributed by atoms with Crippen molar-refractivity contribution in [2.24, 2.45) is 0 Å². The highest BCUT2D eigenvalue weighted by atomic mass is 35.5. The highest BCUT2D eigenvalue weighted by Gasteiger charge is 2.41. The number of H-pyrrole nitrogens is 1. The van der Waals surface area contributed by atoms with Gasteiger partial charge in [-0.25, -0.2) is 4.39 Å². The van der Waals surface area contributed by atoms with Crippen LogP contribution in [0.25, 0.3) is 11.3 Å². The topological polar surface area (TPSA) is 49.0 Å². The predicted octanol–water partition coefficient (Wildman–Crippen LogP) is 5.66. The number of nitrogens with zero attached hydrogens (tertiary/aromatic N) is 2. The highest BCUT2D eigenvalue weighted by Crippen LogP contribution is 2.42. The first-order valence-corrected chi connectivity index (χ1v) is 10.4. The van der Waals surface area contributed by atoms with Gasteiger partial charge in [-0.05, 0) is 41.8 Å². The maximum atomic E-state index is 13.6. The molecule has 3 aromatic carbocycles. The van der Waals surface area contributed by atoms with Crippen LogP contribution in [-0.2, 0) is 6.42 Å². The molecule has 0 bridgehead atoms. The Morgan fingerprint density at radius 3 is 2.39 bits per heavy atom. The van der Waals surface area contributed by atoms with Gasteiger partial charge in [-0.15, -0.1) is 0 Å². The number of benzene rings is 3. The molecule has 1 N–H and O–H groups in total. The van der Waals surface area contributed by atoms with Crippen molar-refractivity contribution in [2.75, 3.05) is 6.54 Å². The summed E-state index contributed by atoms with van der Waals surface area (Å²) in [5.41, 5.74) is 4.86. The number of hydrogen-bond acceptors (Lipinski definition) is 2. The molecule has 1 atom stereocenters. The third-order valence-electron chi connectivity index (χ3n) is 5.65. The molecule has 4 nitrogen and oxygen atoms in total. The Balaban J connectivity index is 1.57. The van der Waals surface area contributed by atoms with E-state index in [1.165, 1.54) is 12.1 Å². The molecule has 1 amide bonds.